The van der Waals surface area contributed by atoms with E-state index in [-0.39, 0.29) is 35.4 Å². The molecule has 0 atom stereocenters. The topological polar surface area (TPSA) is 118 Å². The lowest BCUT2D eigenvalue weighted by Gasteiger charge is -2.09. The molecule has 26 heavy (non-hydrogen) atoms. The number of hydrogen-bond acceptors (Lipinski definition) is 7. The van der Waals surface area contributed by atoms with Gasteiger partial charge in [-0.25, -0.2) is 4.79 Å². The minimum Gasteiger partial charge on any atom is -0.416 e. The molecule has 2 aromatic heterocycles. The van der Waals surface area contributed by atoms with E-state index in [1.807, 2.05) is 36.4 Å². The highest BCUT2D eigenvalue weighted by atomic mass is 32.2. The Morgan fingerprint density at radius 1 is 1.27 bits per heavy atom. The number of nitrogens with zero attached hydrogens (tertiary/aromatic N) is 4. The Labute approximate surface area is 152 Å². The molecule has 0 aliphatic heterocycles. The zero-order chi connectivity index (χ0) is 18.5. The van der Waals surface area contributed by atoms with E-state index in [2.05, 4.69) is 15.2 Å². The quantitative estimate of drug-likeness (QED) is 0.654. The fraction of sp³-hybridized carbons (Fsp3) is 0.235. The second-order valence-electron chi connectivity index (χ2n) is 5.50. The van der Waals surface area contributed by atoms with E-state index in [4.69, 9.17) is 9.68 Å². The highest BCUT2D eigenvalue weighted by Crippen LogP contribution is 2.16. The number of aromatic nitrogens is 4. The Bertz CT molecular complexity index is 1060. The molecule has 0 fully saturated rings. The molecule has 0 spiro atoms. The predicted molar refractivity (Wildman–Crippen MR) is 95.0 cm³/mol. The number of nitriles is 1. The van der Waals surface area contributed by atoms with Crippen molar-refractivity contribution in [3.63, 3.8) is 0 Å². The minimum absolute atomic E-state index is 0.107. The zero-order valence-corrected chi connectivity index (χ0v) is 14.7. The number of H-pyrrole nitrogens is 1. The van der Waals surface area contributed by atoms with Gasteiger partial charge in [0.25, 0.3) is 10.8 Å². The molecule has 0 saturated heterocycles. The van der Waals surface area contributed by atoms with Crippen molar-refractivity contribution in [3.8, 4) is 6.07 Å². The number of thioether (sulfide) groups is 1. The van der Waals surface area contributed by atoms with Gasteiger partial charge in [0, 0.05) is 11.3 Å². The smallest absolute Gasteiger partial charge is 0.328 e. The van der Waals surface area contributed by atoms with E-state index in [1.54, 1.807) is 6.92 Å². The first kappa shape index (κ1) is 17.7. The Morgan fingerprint density at radius 3 is 2.77 bits per heavy atom. The number of hydrogen-bond donors (Lipinski definition) is 1. The van der Waals surface area contributed by atoms with Crippen molar-refractivity contribution >= 4 is 11.8 Å². The Hall–Kier alpha value is -3.12. The van der Waals surface area contributed by atoms with Gasteiger partial charge in [0.1, 0.15) is 0 Å². The molecule has 0 saturated carbocycles. The minimum atomic E-state index is -0.462. The van der Waals surface area contributed by atoms with Crippen LogP contribution < -0.4 is 11.2 Å². The van der Waals surface area contributed by atoms with Crippen LogP contribution in [0.3, 0.4) is 0 Å². The summed E-state index contributed by atoms with van der Waals surface area (Å²) in [5.74, 6) is 0.451. The molecule has 132 valence electrons. The van der Waals surface area contributed by atoms with Gasteiger partial charge < -0.3 is 9.40 Å². The number of aryl methyl sites for hydroxylation is 1. The second kappa shape index (κ2) is 7.84. The van der Waals surface area contributed by atoms with Gasteiger partial charge in [0.05, 0.1) is 24.8 Å². The largest absolute Gasteiger partial charge is 0.416 e. The summed E-state index contributed by atoms with van der Waals surface area (Å²) in [6.07, 6.45) is 0.107. The van der Waals surface area contributed by atoms with Gasteiger partial charge in [0.2, 0.25) is 5.89 Å². The van der Waals surface area contributed by atoms with Crippen LogP contribution in [0.2, 0.25) is 0 Å². The normalized spacial score (nSPS) is 10.6. The van der Waals surface area contributed by atoms with Gasteiger partial charge in [0.15, 0.2) is 0 Å². The molecule has 2 heterocycles. The Balaban J connectivity index is 1.91. The number of rotatable bonds is 6. The first-order valence-corrected chi connectivity index (χ1v) is 8.75. The van der Waals surface area contributed by atoms with Crippen molar-refractivity contribution in [1.29, 1.82) is 5.26 Å². The summed E-state index contributed by atoms with van der Waals surface area (Å²) >= 11 is 1.13. The number of nitrogens with one attached hydrogen (secondary N) is 1. The van der Waals surface area contributed by atoms with Crippen molar-refractivity contribution in [2.75, 3.05) is 5.75 Å². The summed E-state index contributed by atoms with van der Waals surface area (Å²) in [4.78, 5) is 27.7. The lowest BCUT2D eigenvalue weighted by Crippen LogP contribution is -2.38. The van der Waals surface area contributed by atoms with Gasteiger partial charge in [-0.05, 0) is 12.5 Å². The Kier molecular flexibility index (Phi) is 5.34. The van der Waals surface area contributed by atoms with Crippen molar-refractivity contribution in [3.05, 3.63) is 73.9 Å². The average molecular weight is 369 g/mol. The van der Waals surface area contributed by atoms with Gasteiger partial charge in [-0.3, -0.25) is 9.36 Å². The SMILES string of the molecule is Cc1[nH]c(=O)n(Cc2ccccc2)c(=O)c1Cc1nnc(SCC#N)o1. The highest BCUT2D eigenvalue weighted by molar-refractivity contribution is 7.99. The third-order valence-electron chi connectivity index (χ3n) is 3.72. The summed E-state index contributed by atoms with van der Waals surface area (Å²) < 4.78 is 6.59. The summed E-state index contributed by atoms with van der Waals surface area (Å²) in [7, 11) is 0. The van der Waals surface area contributed by atoms with Crippen molar-refractivity contribution < 1.29 is 4.42 Å². The van der Waals surface area contributed by atoms with E-state index in [0.29, 0.717) is 11.3 Å². The first-order valence-electron chi connectivity index (χ1n) is 7.77. The molecule has 3 rings (SSSR count). The molecule has 3 aromatic rings. The van der Waals surface area contributed by atoms with Crippen molar-refractivity contribution in [2.45, 2.75) is 25.1 Å². The number of aromatic amines is 1. The van der Waals surface area contributed by atoms with Crippen LogP contribution in [-0.4, -0.2) is 25.5 Å². The van der Waals surface area contributed by atoms with E-state index in [1.165, 1.54) is 0 Å². The third-order valence-corrected chi connectivity index (χ3v) is 4.40. The molecule has 0 unspecified atom stereocenters. The van der Waals surface area contributed by atoms with Crippen LogP contribution in [0.15, 0.2) is 49.6 Å². The van der Waals surface area contributed by atoms with E-state index in [9.17, 15) is 9.59 Å². The summed E-state index contributed by atoms with van der Waals surface area (Å²) in [6.45, 7) is 1.84. The number of benzene rings is 1. The monoisotopic (exact) mass is 369 g/mol. The molecule has 0 amide bonds. The second-order valence-corrected chi connectivity index (χ2v) is 6.42. The predicted octanol–water partition coefficient (Wildman–Crippen LogP) is 1.48. The molecule has 0 radical (unpaired) electrons. The van der Waals surface area contributed by atoms with E-state index >= 15 is 0 Å². The zero-order valence-electron chi connectivity index (χ0n) is 13.9. The molecule has 0 bridgehead atoms. The lowest BCUT2D eigenvalue weighted by molar-refractivity contribution is 0.419. The molecule has 1 N–H and O–H groups in total. The van der Waals surface area contributed by atoms with E-state index in [0.717, 1.165) is 21.9 Å². The fourth-order valence-electron chi connectivity index (χ4n) is 2.45. The molecule has 1 aromatic carbocycles. The van der Waals surface area contributed by atoms with Crippen LogP contribution in [0.1, 0.15) is 22.7 Å². The van der Waals surface area contributed by atoms with Gasteiger partial charge in [-0.1, -0.05) is 42.1 Å². The lowest BCUT2D eigenvalue weighted by atomic mass is 10.1. The molecule has 9 heteroatoms. The highest BCUT2D eigenvalue weighted by Gasteiger charge is 2.16. The van der Waals surface area contributed by atoms with Crippen LogP contribution in [0, 0.1) is 18.3 Å². The van der Waals surface area contributed by atoms with Crippen LogP contribution in [0.4, 0.5) is 0 Å². The molecule has 0 aliphatic rings. The van der Waals surface area contributed by atoms with Gasteiger partial charge in [-0.2, -0.15) is 5.26 Å². The molecular weight excluding hydrogens is 354 g/mol. The van der Waals surface area contributed by atoms with Crippen LogP contribution >= 0.6 is 11.8 Å². The molecule has 0 aliphatic carbocycles. The van der Waals surface area contributed by atoms with Crippen LogP contribution in [0.5, 0.6) is 0 Å². The molecular formula is C17H15N5O3S. The first-order chi connectivity index (χ1) is 12.6. The maximum absolute atomic E-state index is 12.8. The van der Waals surface area contributed by atoms with Crippen LogP contribution in [0.25, 0.3) is 0 Å². The van der Waals surface area contributed by atoms with Gasteiger partial charge >= 0.3 is 5.69 Å². The maximum Gasteiger partial charge on any atom is 0.328 e. The summed E-state index contributed by atoms with van der Waals surface area (Å²) in [6, 6.07) is 11.2. The standard InChI is InChI=1S/C17H15N5O3S/c1-11-13(9-14-20-21-17(25-14)26-8-7-18)15(23)22(16(24)19-11)10-12-5-3-2-4-6-12/h2-6H,8-10H2,1H3,(H,19,24). The fourth-order valence-corrected chi connectivity index (χ4v) is 2.89. The molecule has 8 nitrogen and oxygen atoms in total. The summed E-state index contributed by atoms with van der Waals surface area (Å²) in [5.41, 5.74) is 0.855. The summed E-state index contributed by atoms with van der Waals surface area (Å²) in [5, 5.41) is 16.6. The maximum atomic E-state index is 12.8. The van der Waals surface area contributed by atoms with E-state index < -0.39 is 5.69 Å². The Morgan fingerprint density at radius 2 is 2.04 bits per heavy atom. The van der Waals surface area contributed by atoms with Crippen molar-refractivity contribution in [1.82, 2.24) is 19.7 Å². The average Bonchev–Trinajstić information content (AvgIpc) is 3.09. The third kappa shape index (κ3) is 3.92. The van der Waals surface area contributed by atoms with Gasteiger partial charge in [-0.15, -0.1) is 10.2 Å². The van der Waals surface area contributed by atoms with Crippen LogP contribution in [-0.2, 0) is 13.0 Å². The van der Waals surface area contributed by atoms with Crippen molar-refractivity contribution in [2.24, 2.45) is 0 Å².